The van der Waals surface area contributed by atoms with Crippen LogP contribution in [0.15, 0.2) is 4.99 Å². The Hall–Kier alpha value is -0.790. The van der Waals surface area contributed by atoms with E-state index < -0.39 is 0 Å². The summed E-state index contributed by atoms with van der Waals surface area (Å²) in [5.41, 5.74) is 3.73. The lowest BCUT2D eigenvalue weighted by Crippen LogP contribution is -2.44. The molecular weight excluding hydrogens is 413 g/mol. The highest BCUT2D eigenvalue weighted by Gasteiger charge is 2.36. The van der Waals surface area contributed by atoms with Crippen LogP contribution in [0.1, 0.15) is 57.0 Å². The second kappa shape index (κ2) is 9.63. The first-order valence-electron chi connectivity index (χ1n) is 9.02. The Kier molecular flexibility index (Phi) is 8.53. The Morgan fingerprint density at radius 1 is 1.38 bits per heavy atom. The van der Waals surface area contributed by atoms with Gasteiger partial charge < -0.3 is 10.6 Å². The molecule has 1 aromatic rings. The Labute approximate surface area is 164 Å². The maximum Gasteiger partial charge on any atom is 0.191 e. The van der Waals surface area contributed by atoms with Gasteiger partial charge >= 0.3 is 0 Å². The fourth-order valence-corrected chi connectivity index (χ4v) is 3.28. The first kappa shape index (κ1) is 21.3. The van der Waals surface area contributed by atoms with E-state index in [1.165, 1.54) is 30.5 Å². The van der Waals surface area contributed by atoms with Gasteiger partial charge in [0.05, 0.1) is 5.69 Å². The van der Waals surface area contributed by atoms with E-state index in [0.29, 0.717) is 12.1 Å². The summed E-state index contributed by atoms with van der Waals surface area (Å²) in [7, 11) is 2.01. The van der Waals surface area contributed by atoms with Gasteiger partial charge in [-0.1, -0.05) is 13.3 Å². The number of halogens is 1. The second-order valence-electron chi connectivity index (χ2n) is 6.88. The van der Waals surface area contributed by atoms with Crippen molar-refractivity contribution in [2.45, 2.75) is 72.4 Å². The largest absolute Gasteiger partial charge is 0.354 e. The third kappa shape index (κ3) is 5.63. The number of guanidine groups is 1. The Morgan fingerprint density at radius 3 is 2.62 bits per heavy atom. The van der Waals surface area contributed by atoms with E-state index in [-0.39, 0.29) is 24.0 Å². The molecule has 138 valence electrons. The summed E-state index contributed by atoms with van der Waals surface area (Å²) < 4.78 is 1.97. The minimum atomic E-state index is 0. The molecule has 0 aromatic carbocycles. The average molecular weight is 447 g/mol. The summed E-state index contributed by atoms with van der Waals surface area (Å²) in [4.78, 5) is 4.60. The van der Waals surface area contributed by atoms with Crippen LogP contribution in [-0.2, 0) is 13.5 Å². The smallest absolute Gasteiger partial charge is 0.191 e. The van der Waals surface area contributed by atoms with Crippen LogP contribution in [0.3, 0.4) is 0 Å². The van der Waals surface area contributed by atoms with E-state index in [0.717, 1.165) is 30.5 Å². The van der Waals surface area contributed by atoms with Crippen molar-refractivity contribution in [1.29, 1.82) is 0 Å². The summed E-state index contributed by atoms with van der Waals surface area (Å²) in [6.07, 6.45) is 4.85. The Balaban J connectivity index is 0.00000288. The highest BCUT2D eigenvalue weighted by atomic mass is 127. The number of nitrogens with zero attached hydrogens (tertiary/aromatic N) is 3. The van der Waals surface area contributed by atoms with Gasteiger partial charge in [-0.2, -0.15) is 5.10 Å². The van der Waals surface area contributed by atoms with Gasteiger partial charge in [-0.3, -0.25) is 9.67 Å². The van der Waals surface area contributed by atoms with Crippen molar-refractivity contribution in [2.75, 3.05) is 6.54 Å². The number of hydrogen-bond acceptors (Lipinski definition) is 2. The summed E-state index contributed by atoms with van der Waals surface area (Å²) in [5.74, 6) is 1.80. The summed E-state index contributed by atoms with van der Waals surface area (Å²) in [6.45, 7) is 11.6. The first-order valence-corrected chi connectivity index (χ1v) is 9.02. The zero-order chi connectivity index (χ0) is 17.0. The normalized spacial score (nSPS) is 21.2. The van der Waals surface area contributed by atoms with E-state index in [9.17, 15) is 0 Å². The molecule has 0 bridgehead atoms. The first-order chi connectivity index (χ1) is 11.0. The van der Waals surface area contributed by atoms with E-state index >= 15 is 0 Å². The lowest BCUT2D eigenvalue weighted by Gasteiger charge is -2.19. The molecule has 1 saturated carbocycles. The van der Waals surface area contributed by atoms with Gasteiger partial charge in [0.1, 0.15) is 0 Å². The van der Waals surface area contributed by atoms with E-state index in [4.69, 9.17) is 0 Å². The van der Waals surface area contributed by atoms with Crippen LogP contribution in [-0.4, -0.2) is 34.4 Å². The third-order valence-corrected chi connectivity index (χ3v) is 4.77. The van der Waals surface area contributed by atoms with Gasteiger partial charge in [0.25, 0.3) is 0 Å². The van der Waals surface area contributed by atoms with Gasteiger partial charge in [0.15, 0.2) is 5.96 Å². The minimum absolute atomic E-state index is 0. The van der Waals surface area contributed by atoms with Gasteiger partial charge in [0.2, 0.25) is 0 Å². The highest BCUT2D eigenvalue weighted by Crippen LogP contribution is 2.34. The summed E-state index contributed by atoms with van der Waals surface area (Å²) in [5, 5.41) is 11.7. The number of rotatable bonds is 7. The van der Waals surface area contributed by atoms with Crippen molar-refractivity contribution in [1.82, 2.24) is 20.4 Å². The lowest BCUT2D eigenvalue weighted by molar-refractivity contribution is 0.616. The molecule has 0 radical (unpaired) electrons. The van der Waals surface area contributed by atoms with Crippen molar-refractivity contribution in [3.63, 3.8) is 0 Å². The average Bonchev–Trinajstić information content (AvgIpc) is 3.16. The molecule has 0 saturated heterocycles. The molecule has 1 fully saturated rings. The fraction of sp³-hybridized carbons (Fsp3) is 0.778. The maximum atomic E-state index is 4.60. The van der Waals surface area contributed by atoms with Crippen molar-refractivity contribution in [3.05, 3.63) is 17.0 Å². The Bertz CT molecular complexity index is 552. The standard InChI is InChI=1S/C18H33N5.HI/c1-7-9-15-11-17(15)21-18(19-8-2)20-12(3)10-16-13(4)22-23(6)14(16)5;/h12,15,17H,7-11H2,1-6H3,(H2,19,20,21);1H. The molecule has 2 rings (SSSR count). The van der Waals surface area contributed by atoms with E-state index in [2.05, 4.69) is 55.3 Å². The topological polar surface area (TPSA) is 54.2 Å². The van der Waals surface area contributed by atoms with Crippen molar-refractivity contribution in [2.24, 2.45) is 18.0 Å². The van der Waals surface area contributed by atoms with Gasteiger partial charge in [-0.25, -0.2) is 0 Å². The Morgan fingerprint density at radius 2 is 2.08 bits per heavy atom. The number of nitrogens with one attached hydrogen (secondary N) is 2. The molecule has 3 atom stereocenters. The van der Waals surface area contributed by atoms with Crippen LogP contribution >= 0.6 is 24.0 Å². The molecule has 2 N–H and O–H groups in total. The van der Waals surface area contributed by atoms with Crippen LogP contribution in [0.2, 0.25) is 0 Å². The monoisotopic (exact) mass is 447 g/mol. The van der Waals surface area contributed by atoms with Crippen molar-refractivity contribution in [3.8, 4) is 0 Å². The zero-order valence-electron chi connectivity index (χ0n) is 16.0. The molecule has 1 aromatic heterocycles. The zero-order valence-corrected chi connectivity index (χ0v) is 18.3. The molecule has 1 heterocycles. The molecule has 6 heteroatoms. The van der Waals surface area contributed by atoms with Crippen LogP contribution in [0.4, 0.5) is 0 Å². The van der Waals surface area contributed by atoms with Crippen LogP contribution in [0, 0.1) is 19.8 Å². The SMILES string of the molecule is CCCC1CC1NC(=NCC)NC(C)Cc1c(C)nn(C)c1C.I. The highest BCUT2D eigenvalue weighted by molar-refractivity contribution is 14.0. The molecule has 3 unspecified atom stereocenters. The maximum absolute atomic E-state index is 4.60. The molecule has 0 spiro atoms. The molecule has 5 nitrogen and oxygen atoms in total. The lowest BCUT2D eigenvalue weighted by atomic mass is 10.1. The minimum Gasteiger partial charge on any atom is -0.354 e. The fourth-order valence-electron chi connectivity index (χ4n) is 3.28. The number of hydrogen-bond donors (Lipinski definition) is 2. The summed E-state index contributed by atoms with van der Waals surface area (Å²) in [6, 6.07) is 0.944. The van der Waals surface area contributed by atoms with Gasteiger partial charge in [0, 0.05) is 31.4 Å². The van der Waals surface area contributed by atoms with E-state index in [1.807, 2.05) is 11.7 Å². The van der Waals surface area contributed by atoms with Crippen LogP contribution in [0.25, 0.3) is 0 Å². The van der Waals surface area contributed by atoms with Crippen molar-refractivity contribution < 1.29 is 0 Å². The quantitative estimate of drug-likeness (QED) is 0.383. The molecule has 0 amide bonds. The molecular formula is C18H34IN5. The predicted molar refractivity (Wildman–Crippen MR) is 112 cm³/mol. The van der Waals surface area contributed by atoms with Crippen LogP contribution in [0.5, 0.6) is 0 Å². The van der Waals surface area contributed by atoms with Crippen molar-refractivity contribution >= 4 is 29.9 Å². The van der Waals surface area contributed by atoms with E-state index in [1.54, 1.807) is 0 Å². The van der Waals surface area contributed by atoms with Gasteiger partial charge in [-0.15, -0.1) is 24.0 Å². The number of aliphatic imine (C=N–C) groups is 1. The molecule has 1 aliphatic rings. The predicted octanol–water partition coefficient (Wildman–Crippen LogP) is 3.33. The summed E-state index contributed by atoms with van der Waals surface area (Å²) >= 11 is 0. The van der Waals surface area contributed by atoms with Gasteiger partial charge in [-0.05, 0) is 58.4 Å². The second-order valence-corrected chi connectivity index (χ2v) is 6.88. The number of aryl methyl sites for hydroxylation is 2. The molecule has 0 aliphatic heterocycles. The van der Waals surface area contributed by atoms with Crippen LogP contribution < -0.4 is 10.6 Å². The third-order valence-electron chi connectivity index (χ3n) is 4.77. The number of aromatic nitrogens is 2. The molecule has 1 aliphatic carbocycles. The molecule has 24 heavy (non-hydrogen) atoms.